The minimum absolute atomic E-state index is 0.0806. The van der Waals surface area contributed by atoms with Gasteiger partial charge in [0.05, 0.1) is 19.8 Å². The van der Waals surface area contributed by atoms with E-state index in [1.165, 1.54) is 16.7 Å². The quantitative estimate of drug-likeness (QED) is 0.586. The number of methoxy groups -OCH3 is 2. The summed E-state index contributed by atoms with van der Waals surface area (Å²) in [5.74, 6) is 1.56. The van der Waals surface area contributed by atoms with Crippen LogP contribution in [0.5, 0.6) is 11.5 Å². The molecule has 1 aliphatic rings. The van der Waals surface area contributed by atoms with Gasteiger partial charge in [-0.05, 0) is 82.8 Å². The molecule has 0 aromatic heterocycles. The van der Waals surface area contributed by atoms with E-state index in [4.69, 9.17) is 14.2 Å². The van der Waals surface area contributed by atoms with Gasteiger partial charge in [-0.25, -0.2) is 0 Å². The molecule has 2 aromatic carbocycles. The molecule has 4 nitrogen and oxygen atoms in total. The molecule has 0 unspecified atom stereocenters. The van der Waals surface area contributed by atoms with Crippen LogP contribution in [0.1, 0.15) is 49.8 Å². The van der Waals surface area contributed by atoms with Crippen molar-refractivity contribution in [3.05, 3.63) is 59.2 Å². The van der Waals surface area contributed by atoms with Gasteiger partial charge in [-0.15, -0.1) is 0 Å². The van der Waals surface area contributed by atoms with E-state index in [0.29, 0.717) is 0 Å². The summed E-state index contributed by atoms with van der Waals surface area (Å²) in [5.41, 5.74) is 4.11. The van der Waals surface area contributed by atoms with E-state index in [1.54, 1.807) is 14.2 Å². The highest BCUT2D eigenvalue weighted by molar-refractivity contribution is 5.43. The summed E-state index contributed by atoms with van der Waals surface area (Å²) in [4.78, 5) is 0. The fourth-order valence-electron chi connectivity index (χ4n) is 4.71. The summed E-state index contributed by atoms with van der Waals surface area (Å²) in [6, 6.07) is 15.3. The molecule has 0 saturated carbocycles. The summed E-state index contributed by atoms with van der Waals surface area (Å²) in [6.07, 6.45) is 4.22. The zero-order valence-corrected chi connectivity index (χ0v) is 19.2. The number of nitrogens with one attached hydrogen (secondary N) is 1. The lowest BCUT2D eigenvalue weighted by Crippen LogP contribution is -2.45. The second kappa shape index (κ2) is 9.84. The molecule has 2 aromatic rings. The van der Waals surface area contributed by atoms with Gasteiger partial charge in [0.25, 0.3) is 0 Å². The van der Waals surface area contributed by atoms with Crippen molar-refractivity contribution >= 4 is 0 Å². The van der Waals surface area contributed by atoms with E-state index in [0.717, 1.165) is 56.9 Å². The number of ether oxygens (including phenoxy) is 3. The Morgan fingerprint density at radius 3 is 2.37 bits per heavy atom. The molecule has 1 saturated heterocycles. The molecule has 0 radical (unpaired) electrons. The van der Waals surface area contributed by atoms with Crippen molar-refractivity contribution in [1.82, 2.24) is 5.32 Å². The summed E-state index contributed by atoms with van der Waals surface area (Å²) in [6.45, 7) is 9.36. The first-order valence-electron chi connectivity index (χ1n) is 11.0. The third-order valence-electron chi connectivity index (χ3n) is 6.32. The Hall–Kier alpha value is -2.04. The van der Waals surface area contributed by atoms with E-state index in [9.17, 15) is 0 Å². The van der Waals surface area contributed by atoms with Gasteiger partial charge in [-0.2, -0.15) is 0 Å². The predicted molar refractivity (Wildman–Crippen MR) is 123 cm³/mol. The first kappa shape index (κ1) is 22.6. The highest BCUT2D eigenvalue weighted by atomic mass is 16.5. The predicted octanol–water partition coefficient (Wildman–Crippen LogP) is 5.06. The Labute approximate surface area is 181 Å². The van der Waals surface area contributed by atoms with Crippen LogP contribution in [0.4, 0.5) is 0 Å². The van der Waals surface area contributed by atoms with Gasteiger partial charge in [0, 0.05) is 12.0 Å². The second-order valence-corrected chi connectivity index (χ2v) is 9.12. The van der Waals surface area contributed by atoms with Crippen molar-refractivity contribution in [2.45, 2.75) is 57.5 Å². The zero-order valence-electron chi connectivity index (χ0n) is 19.2. The maximum absolute atomic E-state index is 6.05. The lowest BCUT2D eigenvalue weighted by Gasteiger charge is -2.45. The number of hydrogen-bond acceptors (Lipinski definition) is 4. The number of benzene rings is 2. The molecule has 30 heavy (non-hydrogen) atoms. The minimum Gasteiger partial charge on any atom is -0.493 e. The lowest BCUT2D eigenvalue weighted by molar-refractivity contribution is -0.0839. The Morgan fingerprint density at radius 2 is 1.70 bits per heavy atom. The molecule has 164 valence electrons. The Balaban J connectivity index is 1.59. The SMILES string of the molecule is COc1ccc(CCNCC[C@@]2(c3ccc(C)cc3)CCOC(C)(C)C2)cc1OC. The van der Waals surface area contributed by atoms with Gasteiger partial charge in [-0.3, -0.25) is 0 Å². The summed E-state index contributed by atoms with van der Waals surface area (Å²) in [5, 5.41) is 3.67. The maximum atomic E-state index is 6.05. The van der Waals surface area contributed by atoms with E-state index >= 15 is 0 Å². The molecule has 0 aliphatic carbocycles. The van der Waals surface area contributed by atoms with Gasteiger partial charge >= 0.3 is 0 Å². The molecule has 1 atom stereocenters. The van der Waals surface area contributed by atoms with Crippen molar-refractivity contribution in [3.63, 3.8) is 0 Å². The molecular weight excluding hydrogens is 374 g/mol. The summed E-state index contributed by atoms with van der Waals surface area (Å²) >= 11 is 0. The molecule has 1 N–H and O–H groups in total. The third kappa shape index (κ3) is 5.55. The average molecular weight is 412 g/mol. The number of hydrogen-bond donors (Lipinski definition) is 1. The van der Waals surface area contributed by atoms with Crippen molar-refractivity contribution in [2.75, 3.05) is 33.9 Å². The molecule has 3 rings (SSSR count). The zero-order chi connectivity index (χ0) is 21.6. The van der Waals surface area contributed by atoms with Gasteiger partial charge in [0.15, 0.2) is 11.5 Å². The lowest BCUT2D eigenvalue weighted by atomic mass is 9.67. The number of rotatable bonds is 9. The summed E-state index contributed by atoms with van der Waals surface area (Å²) < 4.78 is 16.8. The molecule has 1 fully saturated rings. The first-order chi connectivity index (χ1) is 14.4. The molecule has 1 aliphatic heterocycles. The third-order valence-corrected chi connectivity index (χ3v) is 6.32. The van der Waals surface area contributed by atoms with Crippen LogP contribution < -0.4 is 14.8 Å². The smallest absolute Gasteiger partial charge is 0.160 e. The van der Waals surface area contributed by atoms with Crippen LogP contribution in [0.25, 0.3) is 0 Å². The van der Waals surface area contributed by atoms with Crippen LogP contribution in [-0.2, 0) is 16.6 Å². The number of aryl methyl sites for hydroxylation is 1. The van der Waals surface area contributed by atoms with Crippen LogP contribution in [-0.4, -0.2) is 39.5 Å². The Morgan fingerprint density at radius 1 is 0.967 bits per heavy atom. The molecule has 4 heteroatoms. The highest BCUT2D eigenvalue weighted by Crippen LogP contribution is 2.43. The van der Waals surface area contributed by atoms with Crippen LogP contribution in [0.15, 0.2) is 42.5 Å². The van der Waals surface area contributed by atoms with E-state index < -0.39 is 0 Å². The molecule has 0 bridgehead atoms. The average Bonchev–Trinajstić information content (AvgIpc) is 2.73. The van der Waals surface area contributed by atoms with Crippen molar-refractivity contribution in [1.29, 1.82) is 0 Å². The van der Waals surface area contributed by atoms with Gasteiger partial charge in [0.1, 0.15) is 0 Å². The van der Waals surface area contributed by atoms with E-state index in [1.807, 2.05) is 6.07 Å². The van der Waals surface area contributed by atoms with Gasteiger partial charge < -0.3 is 19.5 Å². The monoisotopic (exact) mass is 411 g/mol. The highest BCUT2D eigenvalue weighted by Gasteiger charge is 2.41. The Kier molecular flexibility index (Phi) is 7.43. The molecule has 1 heterocycles. The molecular formula is C26H37NO3. The van der Waals surface area contributed by atoms with Gasteiger partial charge in [-0.1, -0.05) is 35.9 Å². The van der Waals surface area contributed by atoms with Crippen molar-refractivity contribution < 1.29 is 14.2 Å². The van der Waals surface area contributed by atoms with Crippen LogP contribution in [0.3, 0.4) is 0 Å². The van der Waals surface area contributed by atoms with E-state index in [-0.39, 0.29) is 11.0 Å². The van der Waals surface area contributed by atoms with Gasteiger partial charge in [0.2, 0.25) is 0 Å². The topological polar surface area (TPSA) is 39.7 Å². The molecule has 0 amide bonds. The minimum atomic E-state index is -0.0806. The fourth-order valence-corrected chi connectivity index (χ4v) is 4.71. The summed E-state index contributed by atoms with van der Waals surface area (Å²) in [7, 11) is 3.35. The molecule has 0 spiro atoms. The van der Waals surface area contributed by atoms with Crippen molar-refractivity contribution in [2.24, 2.45) is 0 Å². The van der Waals surface area contributed by atoms with Crippen LogP contribution in [0, 0.1) is 6.92 Å². The largest absolute Gasteiger partial charge is 0.493 e. The normalized spacial score (nSPS) is 20.7. The fraction of sp³-hybridized carbons (Fsp3) is 0.538. The first-order valence-corrected chi connectivity index (χ1v) is 11.0. The van der Waals surface area contributed by atoms with E-state index in [2.05, 4.69) is 62.5 Å². The second-order valence-electron chi connectivity index (χ2n) is 9.12. The van der Waals surface area contributed by atoms with Crippen LogP contribution in [0.2, 0.25) is 0 Å². The maximum Gasteiger partial charge on any atom is 0.160 e. The van der Waals surface area contributed by atoms with Crippen molar-refractivity contribution in [3.8, 4) is 11.5 Å². The Bertz CT molecular complexity index is 816. The standard InChI is InChI=1S/C26H37NO3/c1-20-6-9-22(10-7-20)26(14-17-30-25(2,3)19-26)13-16-27-15-12-21-8-11-23(28-4)24(18-21)29-5/h6-11,18,27H,12-17,19H2,1-5H3/t26-/m1/s1. The van der Waals surface area contributed by atoms with Crippen LogP contribution >= 0.6 is 0 Å².